The highest BCUT2D eigenvalue weighted by Gasteiger charge is 2.35. The van der Waals surface area contributed by atoms with Gasteiger partial charge in [-0.2, -0.15) is 0 Å². The largest absolute Gasteiger partial charge is 0.374 e. The molecule has 1 aliphatic carbocycles. The van der Waals surface area contributed by atoms with Crippen LogP contribution >= 0.6 is 0 Å². The standard InChI is InChI=1S/C12H16O.C2H6/c1-13-12(9-5-6-10-12)11-7-3-2-4-8-11;1-2/h2-4,7-8H,5-6,9-10H2,1H3;1-2H3. The molecule has 0 spiro atoms. The minimum Gasteiger partial charge on any atom is -0.374 e. The van der Waals surface area contributed by atoms with Crippen LogP contribution in [0.25, 0.3) is 0 Å². The van der Waals surface area contributed by atoms with Gasteiger partial charge in [0.25, 0.3) is 0 Å². The average Bonchev–Trinajstić information content (AvgIpc) is 2.83. The number of methoxy groups -OCH3 is 1. The Morgan fingerprint density at radius 3 is 2.00 bits per heavy atom. The van der Waals surface area contributed by atoms with Crippen molar-refractivity contribution in [3.8, 4) is 0 Å². The monoisotopic (exact) mass is 206 g/mol. The van der Waals surface area contributed by atoms with E-state index < -0.39 is 0 Å². The van der Waals surface area contributed by atoms with Crippen molar-refractivity contribution in [3.05, 3.63) is 35.9 Å². The SMILES string of the molecule is CC.COC1(c2ccccc2)CCCC1. The van der Waals surface area contributed by atoms with E-state index in [1.165, 1.54) is 31.2 Å². The van der Waals surface area contributed by atoms with E-state index >= 15 is 0 Å². The summed E-state index contributed by atoms with van der Waals surface area (Å²) < 4.78 is 5.68. The highest BCUT2D eigenvalue weighted by atomic mass is 16.5. The molecule has 0 aliphatic heterocycles. The maximum Gasteiger partial charge on any atom is 0.0927 e. The Bertz CT molecular complexity index is 260. The third kappa shape index (κ3) is 2.60. The second-order valence-electron chi connectivity index (χ2n) is 3.77. The lowest BCUT2D eigenvalue weighted by Gasteiger charge is -2.27. The molecule has 15 heavy (non-hydrogen) atoms. The summed E-state index contributed by atoms with van der Waals surface area (Å²) >= 11 is 0. The molecule has 0 radical (unpaired) electrons. The normalized spacial score (nSPS) is 18.1. The van der Waals surface area contributed by atoms with Crippen LogP contribution in [-0.4, -0.2) is 7.11 Å². The predicted molar refractivity (Wildman–Crippen MR) is 64.9 cm³/mol. The Kier molecular flexibility index (Phi) is 4.83. The Hall–Kier alpha value is -0.820. The first kappa shape index (κ1) is 12.3. The van der Waals surface area contributed by atoms with E-state index in [1.807, 2.05) is 21.0 Å². The van der Waals surface area contributed by atoms with Crippen LogP contribution in [0.4, 0.5) is 0 Å². The second-order valence-corrected chi connectivity index (χ2v) is 3.77. The second kappa shape index (κ2) is 5.92. The highest BCUT2D eigenvalue weighted by Crippen LogP contribution is 2.41. The summed E-state index contributed by atoms with van der Waals surface area (Å²) in [7, 11) is 1.83. The third-order valence-electron chi connectivity index (χ3n) is 3.10. The molecule has 0 N–H and O–H groups in total. The molecule has 0 heterocycles. The Labute approximate surface area is 93.5 Å². The molecular weight excluding hydrogens is 184 g/mol. The molecule has 1 fully saturated rings. The van der Waals surface area contributed by atoms with Gasteiger partial charge in [-0.25, -0.2) is 0 Å². The van der Waals surface area contributed by atoms with Crippen molar-refractivity contribution in [1.29, 1.82) is 0 Å². The summed E-state index contributed by atoms with van der Waals surface area (Å²) in [6.07, 6.45) is 4.94. The first-order valence-corrected chi connectivity index (χ1v) is 5.98. The van der Waals surface area contributed by atoms with Gasteiger partial charge in [0.1, 0.15) is 0 Å². The molecule has 0 unspecified atom stereocenters. The Morgan fingerprint density at radius 1 is 1.00 bits per heavy atom. The van der Waals surface area contributed by atoms with Crippen molar-refractivity contribution in [2.75, 3.05) is 7.11 Å². The van der Waals surface area contributed by atoms with Gasteiger partial charge in [0.05, 0.1) is 5.60 Å². The molecule has 0 aromatic heterocycles. The fraction of sp³-hybridized carbons (Fsp3) is 0.571. The molecule has 0 amide bonds. The summed E-state index contributed by atoms with van der Waals surface area (Å²) in [6, 6.07) is 10.6. The van der Waals surface area contributed by atoms with E-state index in [0.717, 1.165) is 0 Å². The lowest BCUT2D eigenvalue weighted by molar-refractivity contribution is -0.00869. The van der Waals surface area contributed by atoms with E-state index in [4.69, 9.17) is 4.74 Å². The van der Waals surface area contributed by atoms with Crippen LogP contribution in [0.1, 0.15) is 45.1 Å². The third-order valence-corrected chi connectivity index (χ3v) is 3.10. The lowest BCUT2D eigenvalue weighted by atomic mass is 9.92. The summed E-state index contributed by atoms with van der Waals surface area (Å²) in [4.78, 5) is 0. The van der Waals surface area contributed by atoms with Gasteiger partial charge in [-0.15, -0.1) is 0 Å². The number of hydrogen-bond acceptors (Lipinski definition) is 1. The summed E-state index contributed by atoms with van der Waals surface area (Å²) in [5, 5.41) is 0. The molecule has 1 heteroatoms. The summed E-state index contributed by atoms with van der Waals surface area (Å²) in [6.45, 7) is 4.00. The number of rotatable bonds is 2. The highest BCUT2D eigenvalue weighted by molar-refractivity contribution is 5.23. The molecule has 1 aromatic carbocycles. The zero-order chi connectivity index (χ0) is 11.1. The van der Waals surface area contributed by atoms with Crippen LogP contribution in [0.2, 0.25) is 0 Å². The van der Waals surface area contributed by atoms with Crippen molar-refractivity contribution in [1.82, 2.24) is 0 Å². The maximum absolute atomic E-state index is 5.68. The molecule has 1 nitrogen and oxygen atoms in total. The van der Waals surface area contributed by atoms with E-state index in [0.29, 0.717) is 0 Å². The number of benzene rings is 1. The first-order chi connectivity index (χ1) is 7.37. The van der Waals surface area contributed by atoms with E-state index in [2.05, 4.69) is 30.3 Å². The number of hydrogen-bond donors (Lipinski definition) is 0. The zero-order valence-electron chi connectivity index (χ0n) is 10.1. The van der Waals surface area contributed by atoms with Crippen LogP contribution in [0.5, 0.6) is 0 Å². The molecule has 0 bridgehead atoms. The van der Waals surface area contributed by atoms with Gasteiger partial charge in [-0.05, 0) is 18.4 Å². The lowest BCUT2D eigenvalue weighted by Crippen LogP contribution is -2.23. The minimum absolute atomic E-state index is 0.0290. The fourth-order valence-electron chi connectivity index (χ4n) is 2.30. The Balaban J connectivity index is 0.000000531. The molecule has 2 rings (SSSR count). The van der Waals surface area contributed by atoms with Crippen LogP contribution in [0, 0.1) is 0 Å². The quantitative estimate of drug-likeness (QED) is 0.707. The molecule has 84 valence electrons. The Morgan fingerprint density at radius 2 is 1.53 bits per heavy atom. The molecule has 1 aromatic rings. The van der Waals surface area contributed by atoms with Gasteiger partial charge < -0.3 is 4.74 Å². The van der Waals surface area contributed by atoms with E-state index in [9.17, 15) is 0 Å². The van der Waals surface area contributed by atoms with Gasteiger partial charge in [0, 0.05) is 7.11 Å². The van der Waals surface area contributed by atoms with Gasteiger partial charge in [-0.3, -0.25) is 0 Å². The average molecular weight is 206 g/mol. The topological polar surface area (TPSA) is 9.23 Å². The predicted octanol–water partition coefficient (Wildman–Crippen LogP) is 4.13. The molecule has 0 atom stereocenters. The van der Waals surface area contributed by atoms with Crippen LogP contribution in [-0.2, 0) is 10.3 Å². The fourth-order valence-corrected chi connectivity index (χ4v) is 2.30. The summed E-state index contributed by atoms with van der Waals surface area (Å²) in [5.74, 6) is 0. The van der Waals surface area contributed by atoms with Crippen molar-refractivity contribution in [2.45, 2.75) is 45.1 Å². The molecule has 0 saturated heterocycles. The van der Waals surface area contributed by atoms with Crippen LogP contribution < -0.4 is 0 Å². The number of ether oxygens (including phenoxy) is 1. The maximum atomic E-state index is 5.68. The molecular formula is C14H22O. The van der Waals surface area contributed by atoms with E-state index in [1.54, 1.807) is 0 Å². The van der Waals surface area contributed by atoms with E-state index in [-0.39, 0.29) is 5.60 Å². The molecule has 1 saturated carbocycles. The zero-order valence-corrected chi connectivity index (χ0v) is 10.1. The van der Waals surface area contributed by atoms with Gasteiger partial charge in [0.2, 0.25) is 0 Å². The smallest absolute Gasteiger partial charge is 0.0927 e. The van der Waals surface area contributed by atoms with Crippen molar-refractivity contribution in [3.63, 3.8) is 0 Å². The van der Waals surface area contributed by atoms with Crippen molar-refractivity contribution in [2.24, 2.45) is 0 Å². The minimum atomic E-state index is 0.0290. The van der Waals surface area contributed by atoms with Crippen LogP contribution in [0.15, 0.2) is 30.3 Å². The van der Waals surface area contributed by atoms with Gasteiger partial charge >= 0.3 is 0 Å². The van der Waals surface area contributed by atoms with Gasteiger partial charge in [-0.1, -0.05) is 57.0 Å². The van der Waals surface area contributed by atoms with Crippen molar-refractivity contribution >= 4 is 0 Å². The van der Waals surface area contributed by atoms with Crippen molar-refractivity contribution < 1.29 is 4.74 Å². The first-order valence-electron chi connectivity index (χ1n) is 5.98. The summed E-state index contributed by atoms with van der Waals surface area (Å²) in [5.41, 5.74) is 1.37. The molecule has 1 aliphatic rings. The van der Waals surface area contributed by atoms with Crippen LogP contribution in [0.3, 0.4) is 0 Å². The van der Waals surface area contributed by atoms with Gasteiger partial charge in [0.15, 0.2) is 0 Å².